The summed E-state index contributed by atoms with van der Waals surface area (Å²) in [5, 5.41) is 3.43. The average Bonchev–Trinajstić information content (AvgIpc) is 2.40. The number of nitrogens with one attached hydrogen (secondary N) is 1. The van der Waals surface area contributed by atoms with E-state index >= 15 is 0 Å². The highest BCUT2D eigenvalue weighted by Crippen LogP contribution is 2.30. The lowest BCUT2D eigenvalue weighted by molar-refractivity contribution is 0.147. The van der Waals surface area contributed by atoms with Gasteiger partial charge in [-0.15, -0.1) is 0 Å². The summed E-state index contributed by atoms with van der Waals surface area (Å²) in [7, 11) is 1.42. The predicted octanol–water partition coefficient (Wildman–Crippen LogP) is 3.32. The van der Waals surface area contributed by atoms with E-state index in [1.165, 1.54) is 20.0 Å². The summed E-state index contributed by atoms with van der Waals surface area (Å²) in [6, 6.07) is 5.50. The number of halogens is 2. The fraction of sp³-hybridized carbons (Fsp3) is 0.571. The van der Waals surface area contributed by atoms with Gasteiger partial charge in [0.2, 0.25) is 0 Å². The number of alkyl halides is 2. The van der Waals surface area contributed by atoms with Crippen LogP contribution in [0.1, 0.15) is 36.8 Å². The number of piperidine rings is 1. The zero-order valence-electron chi connectivity index (χ0n) is 10.6. The zero-order valence-corrected chi connectivity index (χ0v) is 10.6. The Balaban J connectivity index is 2.10. The van der Waals surface area contributed by atoms with Crippen molar-refractivity contribution in [3.8, 4) is 5.75 Å². The van der Waals surface area contributed by atoms with Crippen molar-refractivity contribution in [3.63, 3.8) is 0 Å². The molecule has 1 aliphatic heterocycles. The second-order valence-electron chi connectivity index (χ2n) is 4.73. The van der Waals surface area contributed by atoms with Crippen LogP contribution in [-0.4, -0.2) is 19.7 Å². The maximum Gasteiger partial charge on any atom is 0.267 e. The Morgan fingerprint density at radius 3 is 2.83 bits per heavy atom. The molecule has 2 nitrogen and oxygen atoms in total. The van der Waals surface area contributed by atoms with Crippen LogP contribution in [0.3, 0.4) is 0 Å². The molecule has 1 unspecified atom stereocenters. The van der Waals surface area contributed by atoms with Crippen LogP contribution < -0.4 is 10.1 Å². The largest absolute Gasteiger partial charge is 0.496 e. The Morgan fingerprint density at radius 2 is 2.22 bits per heavy atom. The van der Waals surface area contributed by atoms with Crippen molar-refractivity contribution in [3.05, 3.63) is 29.3 Å². The first-order chi connectivity index (χ1) is 8.70. The van der Waals surface area contributed by atoms with Crippen molar-refractivity contribution in [2.24, 2.45) is 0 Å². The third-order valence-corrected chi connectivity index (χ3v) is 3.42. The zero-order chi connectivity index (χ0) is 13.0. The SMILES string of the molecule is COc1ccc(CC2CCCCN2)cc1C(F)F. The molecule has 0 amide bonds. The summed E-state index contributed by atoms with van der Waals surface area (Å²) >= 11 is 0. The third kappa shape index (κ3) is 3.19. The fourth-order valence-corrected chi connectivity index (χ4v) is 2.46. The molecule has 1 saturated heterocycles. The monoisotopic (exact) mass is 255 g/mol. The normalized spacial score (nSPS) is 20.1. The van der Waals surface area contributed by atoms with Gasteiger partial charge in [-0.05, 0) is 43.5 Å². The Bertz CT molecular complexity index is 389. The van der Waals surface area contributed by atoms with E-state index in [9.17, 15) is 8.78 Å². The molecule has 0 spiro atoms. The summed E-state index contributed by atoms with van der Waals surface area (Å²) in [6.07, 6.45) is 1.87. The highest BCUT2D eigenvalue weighted by Gasteiger charge is 2.17. The van der Waals surface area contributed by atoms with E-state index < -0.39 is 6.43 Å². The lowest BCUT2D eigenvalue weighted by Crippen LogP contribution is -2.35. The molecule has 1 aliphatic rings. The smallest absolute Gasteiger partial charge is 0.267 e. The summed E-state index contributed by atoms with van der Waals surface area (Å²) < 4.78 is 30.7. The molecule has 1 aromatic carbocycles. The van der Waals surface area contributed by atoms with Gasteiger partial charge in [0.1, 0.15) is 5.75 Å². The van der Waals surface area contributed by atoms with E-state index in [-0.39, 0.29) is 11.3 Å². The molecule has 100 valence electrons. The molecule has 0 aromatic heterocycles. The number of methoxy groups -OCH3 is 1. The molecule has 4 heteroatoms. The topological polar surface area (TPSA) is 21.3 Å². The summed E-state index contributed by atoms with van der Waals surface area (Å²) in [5.74, 6) is 0.269. The van der Waals surface area contributed by atoms with Crippen molar-refractivity contribution in [1.29, 1.82) is 0 Å². The molecule has 1 atom stereocenters. The molecule has 1 N–H and O–H groups in total. The van der Waals surface area contributed by atoms with Gasteiger partial charge in [0.05, 0.1) is 12.7 Å². The first-order valence-corrected chi connectivity index (χ1v) is 6.39. The van der Waals surface area contributed by atoms with Crippen LogP contribution in [0.2, 0.25) is 0 Å². The minimum Gasteiger partial charge on any atom is -0.496 e. The minimum absolute atomic E-state index is 0.00851. The van der Waals surface area contributed by atoms with E-state index in [1.807, 2.05) is 6.07 Å². The highest BCUT2D eigenvalue weighted by atomic mass is 19.3. The van der Waals surface area contributed by atoms with Gasteiger partial charge in [-0.2, -0.15) is 0 Å². The molecule has 1 heterocycles. The Kier molecular flexibility index (Phi) is 4.53. The van der Waals surface area contributed by atoms with Crippen molar-refractivity contribution in [1.82, 2.24) is 5.32 Å². The van der Waals surface area contributed by atoms with Crippen LogP contribution >= 0.6 is 0 Å². The van der Waals surface area contributed by atoms with Gasteiger partial charge in [-0.1, -0.05) is 12.5 Å². The third-order valence-electron chi connectivity index (χ3n) is 3.42. The molecule has 2 rings (SSSR count). The van der Waals surface area contributed by atoms with Crippen LogP contribution in [0.5, 0.6) is 5.75 Å². The van der Waals surface area contributed by atoms with Gasteiger partial charge >= 0.3 is 0 Å². The Morgan fingerprint density at radius 1 is 1.39 bits per heavy atom. The van der Waals surface area contributed by atoms with E-state index in [0.717, 1.165) is 24.9 Å². The number of benzene rings is 1. The number of rotatable bonds is 4. The quantitative estimate of drug-likeness (QED) is 0.891. The number of ether oxygens (including phenoxy) is 1. The van der Waals surface area contributed by atoms with E-state index in [4.69, 9.17) is 4.74 Å². The molecule has 1 fully saturated rings. The lowest BCUT2D eigenvalue weighted by Gasteiger charge is -2.23. The van der Waals surface area contributed by atoms with Crippen molar-refractivity contribution < 1.29 is 13.5 Å². The second-order valence-corrected chi connectivity index (χ2v) is 4.73. The first-order valence-electron chi connectivity index (χ1n) is 6.39. The van der Waals surface area contributed by atoms with Gasteiger partial charge in [-0.25, -0.2) is 8.78 Å². The van der Waals surface area contributed by atoms with Crippen molar-refractivity contribution in [2.45, 2.75) is 38.2 Å². The minimum atomic E-state index is -2.49. The average molecular weight is 255 g/mol. The Labute approximate surface area is 106 Å². The van der Waals surface area contributed by atoms with Gasteiger partial charge in [-0.3, -0.25) is 0 Å². The maximum atomic E-state index is 12.9. The van der Waals surface area contributed by atoms with Crippen LogP contribution in [0, 0.1) is 0 Å². The van der Waals surface area contributed by atoms with Crippen LogP contribution in [0.25, 0.3) is 0 Å². The fourth-order valence-electron chi connectivity index (χ4n) is 2.46. The van der Waals surface area contributed by atoms with Gasteiger partial charge < -0.3 is 10.1 Å². The standard InChI is InChI=1S/C14H19F2NO/c1-18-13-6-5-10(9-12(13)14(15)16)8-11-4-2-3-7-17-11/h5-6,9,11,14,17H,2-4,7-8H2,1H3. The molecule has 1 aromatic rings. The molecule has 0 bridgehead atoms. The predicted molar refractivity (Wildman–Crippen MR) is 67.3 cm³/mol. The van der Waals surface area contributed by atoms with E-state index in [2.05, 4.69) is 5.32 Å². The van der Waals surface area contributed by atoms with Crippen LogP contribution in [0.15, 0.2) is 18.2 Å². The molecular formula is C14H19F2NO. The second kappa shape index (κ2) is 6.14. The Hall–Kier alpha value is -1.16. The van der Waals surface area contributed by atoms with E-state index in [1.54, 1.807) is 12.1 Å². The number of hydrogen-bond donors (Lipinski definition) is 1. The van der Waals surface area contributed by atoms with Crippen LogP contribution in [0.4, 0.5) is 8.78 Å². The van der Waals surface area contributed by atoms with E-state index in [0.29, 0.717) is 6.04 Å². The lowest BCUT2D eigenvalue weighted by atomic mass is 9.96. The van der Waals surface area contributed by atoms with Gasteiger partial charge in [0.15, 0.2) is 0 Å². The molecule has 0 radical (unpaired) electrons. The molecule has 0 aliphatic carbocycles. The van der Waals surface area contributed by atoms with Crippen LogP contribution in [-0.2, 0) is 6.42 Å². The maximum absolute atomic E-state index is 12.9. The van der Waals surface area contributed by atoms with Gasteiger partial charge in [0.25, 0.3) is 6.43 Å². The molecular weight excluding hydrogens is 236 g/mol. The van der Waals surface area contributed by atoms with Crippen molar-refractivity contribution >= 4 is 0 Å². The summed E-state index contributed by atoms with van der Waals surface area (Å²) in [5.41, 5.74) is 0.941. The highest BCUT2D eigenvalue weighted by molar-refractivity contribution is 5.38. The summed E-state index contributed by atoms with van der Waals surface area (Å²) in [4.78, 5) is 0. The number of hydrogen-bond acceptors (Lipinski definition) is 2. The summed E-state index contributed by atoms with van der Waals surface area (Å²) in [6.45, 7) is 1.03. The van der Waals surface area contributed by atoms with Gasteiger partial charge in [0, 0.05) is 6.04 Å². The molecule has 18 heavy (non-hydrogen) atoms. The first kappa shape index (κ1) is 13.3. The molecule has 0 saturated carbocycles. The van der Waals surface area contributed by atoms with Crippen molar-refractivity contribution in [2.75, 3.05) is 13.7 Å².